The van der Waals surface area contributed by atoms with E-state index in [1.54, 1.807) is 17.0 Å². The number of nitrogens with zero attached hydrogens (tertiary/aromatic N) is 2. The Labute approximate surface area is 184 Å². The SMILES string of the molecule is CC1=C(C)C[C@@H](C(=O)O)[C@@H](C(=O)N2CCN(S(=O)(=O)c3ccc(C(C)C)cc3)CC2)C1. The van der Waals surface area contributed by atoms with Gasteiger partial charge in [0, 0.05) is 26.2 Å². The Balaban J connectivity index is 1.68. The zero-order chi connectivity index (χ0) is 22.9. The first-order valence-corrected chi connectivity index (χ1v) is 12.2. The molecule has 0 bridgehead atoms. The predicted molar refractivity (Wildman–Crippen MR) is 118 cm³/mol. The molecule has 0 unspecified atom stereocenters. The summed E-state index contributed by atoms with van der Waals surface area (Å²) in [5.41, 5.74) is 3.19. The van der Waals surface area contributed by atoms with E-state index in [-0.39, 0.29) is 37.0 Å². The van der Waals surface area contributed by atoms with Crippen LogP contribution >= 0.6 is 0 Å². The molecule has 1 heterocycles. The number of aliphatic carboxylic acids is 1. The van der Waals surface area contributed by atoms with E-state index in [1.807, 2.05) is 26.0 Å². The smallest absolute Gasteiger partial charge is 0.307 e. The molecule has 170 valence electrons. The number of carbonyl (C=O) groups excluding carboxylic acids is 1. The number of benzene rings is 1. The van der Waals surface area contributed by atoms with Gasteiger partial charge in [0.1, 0.15) is 0 Å². The predicted octanol–water partition coefficient (Wildman–Crippen LogP) is 3.09. The summed E-state index contributed by atoms with van der Waals surface area (Å²) in [5, 5.41) is 9.61. The number of carbonyl (C=O) groups is 2. The average molecular weight is 449 g/mol. The van der Waals surface area contributed by atoms with Crippen LogP contribution in [-0.2, 0) is 19.6 Å². The van der Waals surface area contributed by atoms with E-state index in [4.69, 9.17) is 0 Å². The molecule has 2 atom stereocenters. The molecule has 1 fully saturated rings. The Morgan fingerprint density at radius 3 is 1.94 bits per heavy atom. The van der Waals surface area contributed by atoms with Crippen molar-refractivity contribution in [2.45, 2.75) is 51.3 Å². The molecular weight excluding hydrogens is 416 g/mol. The maximum absolute atomic E-state index is 13.1. The highest BCUT2D eigenvalue weighted by molar-refractivity contribution is 7.89. The van der Waals surface area contributed by atoms with Gasteiger partial charge in [-0.25, -0.2) is 8.42 Å². The molecule has 8 heteroatoms. The van der Waals surface area contributed by atoms with Crippen molar-refractivity contribution in [2.75, 3.05) is 26.2 Å². The van der Waals surface area contributed by atoms with E-state index in [0.717, 1.165) is 16.7 Å². The van der Waals surface area contributed by atoms with E-state index in [2.05, 4.69) is 13.8 Å². The Kier molecular flexibility index (Phi) is 6.91. The molecule has 0 saturated carbocycles. The summed E-state index contributed by atoms with van der Waals surface area (Å²) in [7, 11) is -3.62. The molecule has 1 N–H and O–H groups in total. The summed E-state index contributed by atoms with van der Waals surface area (Å²) in [5.74, 6) is -2.12. The van der Waals surface area contributed by atoms with Crippen molar-refractivity contribution in [3.05, 3.63) is 41.0 Å². The van der Waals surface area contributed by atoms with Gasteiger partial charge in [0.05, 0.1) is 16.7 Å². The molecule has 2 aliphatic rings. The molecule has 1 aromatic rings. The van der Waals surface area contributed by atoms with E-state index < -0.39 is 27.8 Å². The maximum Gasteiger partial charge on any atom is 0.307 e. The normalized spacial score (nSPS) is 23.3. The van der Waals surface area contributed by atoms with Crippen molar-refractivity contribution in [3.8, 4) is 0 Å². The number of carboxylic acid groups (broad SMARTS) is 1. The second-order valence-corrected chi connectivity index (χ2v) is 10.9. The number of carboxylic acids is 1. The fraction of sp³-hybridized carbons (Fsp3) is 0.565. The lowest BCUT2D eigenvalue weighted by atomic mass is 9.76. The number of allylic oxidation sites excluding steroid dienone is 2. The summed E-state index contributed by atoms with van der Waals surface area (Å²) in [6.07, 6.45) is 0.834. The van der Waals surface area contributed by atoms with Gasteiger partial charge >= 0.3 is 5.97 Å². The van der Waals surface area contributed by atoms with Gasteiger partial charge in [-0.3, -0.25) is 9.59 Å². The van der Waals surface area contributed by atoms with Crippen molar-refractivity contribution >= 4 is 21.9 Å². The Morgan fingerprint density at radius 1 is 0.935 bits per heavy atom. The minimum atomic E-state index is -3.62. The summed E-state index contributed by atoms with van der Waals surface area (Å²) < 4.78 is 27.4. The van der Waals surface area contributed by atoms with Gasteiger partial charge < -0.3 is 10.0 Å². The van der Waals surface area contributed by atoms with Crippen molar-refractivity contribution in [1.29, 1.82) is 0 Å². The number of hydrogen-bond acceptors (Lipinski definition) is 4. The first-order valence-electron chi connectivity index (χ1n) is 10.8. The molecule has 1 aromatic carbocycles. The molecular formula is C23H32N2O5S. The van der Waals surface area contributed by atoms with Gasteiger partial charge in [-0.15, -0.1) is 0 Å². The lowest BCUT2D eigenvalue weighted by molar-refractivity contribution is -0.151. The molecule has 1 aliphatic carbocycles. The van der Waals surface area contributed by atoms with Gasteiger partial charge in [0.25, 0.3) is 0 Å². The molecule has 1 aliphatic heterocycles. The summed E-state index contributed by atoms with van der Waals surface area (Å²) in [4.78, 5) is 26.7. The van der Waals surface area contributed by atoms with Crippen LogP contribution < -0.4 is 0 Å². The van der Waals surface area contributed by atoms with Crippen LogP contribution in [0.4, 0.5) is 0 Å². The van der Waals surface area contributed by atoms with Crippen LogP contribution in [0, 0.1) is 11.8 Å². The number of piperazine rings is 1. The second kappa shape index (κ2) is 9.12. The quantitative estimate of drug-likeness (QED) is 0.699. The molecule has 0 spiro atoms. The first kappa shape index (κ1) is 23.5. The molecule has 31 heavy (non-hydrogen) atoms. The minimum absolute atomic E-state index is 0.183. The van der Waals surface area contributed by atoms with Crippen LogP contribution in [0.15, 0.2) is 40.3 Å². The fourth-order valence-electron chi connectivity index (χ4n) is 4.37. The molecule has 0 radical (unpaired) electrons. The highest BCUT2D eigenvalue weighted by Crippen LogP contribution is 2.35. The number of rotatable bonds is 5. The molecule has 0 aromatic heterocycles. The summed E-state index contributed by atoms with van der Waals surface area (Å²) in [6, 6.07) is 6.95. The van der Waals surface area contributed by atoms with Crippen LogP contribution in [0.5, 0.6) is 0 Å². The van der Waals surface area contributed by atoms with Gasteiger partial charge in [-0.05, 0) is 50.3 Å². The van der Waals surface area contributed by atoms with E-state index in [9.17, 15) is 23.1 Å². The maximum atomic E-state index is 13.1. The van der Waals surface area contributed by atoms with Crippen molar-refractivity contribution in [1.82, 2.24) is 9.21 Å². The largest absolute Gasteiger partial charge is 0.481 e. The third-order valence-electron chi connectivity index (χ3n) is 6.64. The highest BCUT2D eigenvalue weighted by atomic mass is 32.2. The lowest BCUT2D eigenvalue weighted by Crippen LogP contribution is -2.53. The molecule has 7 nitrogen and oxygen atoms in total. The number of sulfonamides is 1. The zero-order valence-electron chi connectivity index (χ0n) is 18.7. The van der Waals surface area contributed by atoms with Crippen molar-refractivity contribution < 1.29 is 23.1 Å². The van der Waals surface area contributed by atoms with Crippen LogP contribution in [0.2, 0.25) is 0 Å². The Morgan fingerprint density at radius 2 is 1.45 bits per heavy atom. The summed E-state index contributed by atoms with van der Waals surface area (Å²) >= 11 is 0. The zero-order valence-corrected chi connectivity index (χ0v) is 19.5. The van der Waals surface area contributed by atoms with Gasteiger partial charge in [0.2, 0.25) is 15.9 Å². The topological polar surface area (TPSA) is 95.0 Å². The van der Waals surface area contributed by atoms with Crippen LogP contribution in [0.3, 0.4) is 0 Å². The van der Waals surface area contributed by atoms with Crippen LogP contribution in [0.25, 0.3) is 0 Å². The number of amides is 1. The van der Waals surface area contributed by atoms with Crippen molar-refractivity contribution in [2.24, 2.45) is 11.8 Å². The van der Waals surface area contributed by atoms with Gasteiger partial charge in [-0.2, -0.15) is 4.31 Å². The third kappa shape index (κ3) is 4.85. The van der Waals surface area contributed by atoms with E-state index in [0.29, 0.717) is 18.8 Å². The highest BCUT2D eigenvalue weighted by Gasteiger charge is 2.40. The molecule has 3 rings (SSSR count). The van der Waals surface area contributed by atoms with Crippen LogP contribution in [0.1, 0.15) is 52.0 Å². The number of hydrogen-bond donors (Lipinski definition) is 1. The standard InChI is InChI=1S/C23H32N2O5S/c1-15(2)18-5-7-19(8-6-18)31(29,30)25-11-9-24(10-12-25)22(26)20-13-16(3)17(4)14-21(20)23(27)28/h5-8,15,20-21H,9-14H2,1-4H3,(H,27,28)/t20-,21+/m0/s1. The van der Waals surface area contributed by atoms with Crippen molar-refractivity contribution in [3.63, 3.8) is 0 Å². The minimum Gasteiger partial charge on any atom is -0.481 e. The third-order valence-corrected chi connectivity index (χ3v) is 8.55. The van der Waals surface area contributed by atoms with Gasteiger partial charge in [0.15, 0.2) is 0 Å². The van der Waals surface area contributed by atoms with E-state index in [1.165, 1.54) is 4.31 Å². The molecule has 1 saturated heterocycles. The Bertz CT molecular complexity index is 974. The van der Waals surface area contributed by atoms with Gasteiger partial charge in [-0.1, -0.05) is 37.1 Å². The van der Waals surface area contributed by atoms with Crippen LogP contribution in [-0.4, -0.2) is 60.8 Å². The van der Waals surface area contributed by atoms with E-state index >= 15 is 0 Å². The Hall–Kier alpha value is -2.19. The first-order chi connectivity index (χ1) is 14.5. The molecule has 1 amide bonds. The average Bonchev–Trinajstić information content (AvgIpc) is 2.74. The monoisotopic (exact) mass is 448 g/mol. The lowest BCUT2D eigenvalue weighted by Gasteiger charge is -2.38. The fourth-order valence-corrected chi connectivity index (χ4v) is 5.79. The summed E-state index contributed by atoms with van der Waals surface area (Å²) in [6.45, 7) is 8.93. The second-order valence-electron chi connectivity index (χ2n) is 8.97.